The summed E-state index contributed by atoms with van der Waals surface area (Å²) in [6, 6.07) is 10.9. The second-order valence-corrected chi connectivity index (χ2v) is 6.23. The van der Waals surface area contributed by atoms with Crippen molar-refractivity contribution in [2.45, 2.75) is 13.2 Å². The van der Waals surface area contributed by atoms with Gasteiger partial charge in [0.2, 0.25) is 0 Å². The lowest BCUT2D eigenvalue weighted by Crippen LogP contribution is -2.19. The largest absolute Gasteiger partial charge is 0.489 e. The molecule has 132 valence electrons. The molecule has 2 aromatic carbocycles. The van der Waals surface area contributed by atoms with E-state index in [2.05, 4.69) is 5.32 Å². The number of ether oxygens (including phenoxy) is 2. The Balaban J connectivity index is 0.00000288. The highest BCUT2D eigenvalue weighted by molar-refractivity contribution is 6.35. The van der Waals surface area contributed by atoms with Gasteiger partial charge in [0, 0.05) is 46.4 Å². The lowest BCUT2D eigenvalue weighted by atomic mass is 10.2. The van der Waals surface area contributed by atoms with Crippen LogP contribution in [0.15, 0.2) is 36.4 Å². The van der Waals surface area contributed by atoms with Gasteiger partial charge < -0.3 is 14.8 Å². The number of methoxy groups -OCH3 is 1. The van der Waals surface area contributed by atoms with E-state index >= 15 is 0 Å². The zero-order valence-electron chi connectivity index (χ0n) is 13.2. The van der Waals surface area contributed by atoms with Crippen molar-refractivity contribution in [3.63, 3.8) is 0 Å². The van der Waals surface area contributed by atoms with Crippen molar-refractivity contribution in [3.8, 4) is 5.75 Å². The van der Waals surface area contributed by atoms with Crippen molar-refractivity contribution in [2.75, 3.05) is 20.3 Å². The van der Waals surface area contributed by atoms with E-state index in [9.17, 15) is 0 Å². The van der Waals surface area contributed by atoms with Crippen molar-refractivity contribution in [1.82, 2.24) is 5.32 Å². The predicted octanol–water partition coefficient (Wildman–Crippen LogP) is 5.38. The molecule has 2 rings (SSSR count). The highest BCUT2D eigenvalue weighted by Crippen LogP contribution is 2.26. The Hall–Kier alpha value is -0.680. The minimum Gasteiger partial charge on any atom is -0.489 e. The molecule has 0 amide bonds. The van der Waals surface area contributed by atoms with Gasteiger partial charge in [-0.3, -0.25) is 0 Å². The number of rotatable bonds is 8. The summed E-state index contributed by atoms with van der Waals surface area (Å²) in [6.45, 7) is 2.42. The van der Waals surface area contributed by atoms with Crippen LogP contribution in [0.3, 0.4) is 0 Å². The third-order valence-electron chi connectivity index (χ3n) is 3.22. The summed E-state index contributed by atoms with van der Waals surface area (Å²) >= 11 is 18.1. The van der Waals surface area contributed by atoms with Gasteiger partial charge in [0.05, 0.1) is 6.61 Å². The molecule has 0 saturated carbocycles. The Bertz CT molecular complexity index is 652. The van der Waals surface area contributed by atoms with Crippen LogP contribution < -0.4 is 10.1 Å². The van der Waals surface area contributed by atoms with E-state index < -0.39 is 0 Å². The highest BCUT2D eigenvalue weighted by atomic mass is 35.5. The highest BCUT2D eigenvalue weighted by Gasteiger charge is 2.07. The molecular formula is C17H19Cl4NO2. The molecule has 0 aliphatic heterocycles. The fraction of sp³-hybridized carbons (Fsp3) is 0.294. The Morgan fingerprint density at radius 2 is 1.67 bits per heavy atom. The third kappa shape index (κ3) is 6.67. The molecule has 0 spiro atoms. The van der Waals surface area contributed by atoms with Gasteiger partial charge in [-0.1, -0.05) is 40.9 Å². The predicted molar refractivity (Wildman–Crippen MR) is 103 cm³/mol. The normalized spacial score (nSPS) is 10.3. The average Bonchev–Trinajstić information content (AvgIpc) is 2.52. The summed E-state index contributed by atoms with van der Waals surface area (Å²) in [5, 5.41) is 5.15. The van der Waals surface area contributed by atoms with E-state index in [-0.39, 0.29) is 12.4 Å². The summed E-state index contributed by atoms with van der Waals surface area (Å²) in [7, 11) is 1.67. The van der Waals surface area contributed by atoms with Crippen LogP contribution in [0, 0.1) is 0 Å². The first-order valence-electron chi connectivity index (χ1n) is 7.15. The molecule has 0 aliphatic carbocycles. The second kappa shape index (κ2) is 11.0. The maximum atomic E-state index is 6.17. The van der Waals surface area contributed by atoms with Crippen LogP contribution in [0.5, 0.6) is 5.75 Å². The standard InChI is InChI=1S/C17H18Cl3NO2.ClH/c1-22-7-6-21-10-13-8-14(18)4-5-17(13)23-11-12-2-3-15(19)9-16(12)20;/h2-5,8-9,21H,6-7,10-11H2,1H3;1H. The van der Waals surface area contributed by atoms with Crippen LogP contribution >= 0.6 is 47.2 Å². The third-order valence-corrected chi connectivity index (χ3v) is 4.04. The smallest absolute Gasteiger partial charge is 0.124 e. The van der Waals surface area contributed by atoms with Crippen LogP contribution in [0.2, 0.25) is 15.1 Å². The Morgan fingerprint density at radius 1 is 0.958 bits per heavy atom. The van der Waals surface area contributed by atoms with Gasteiger partial charge in [-0.15, -0.1) is 12.4 Å². The lowest BCUT2D eigenvalue weighted by molar-refractivity contribution is 0.199. The Morgan fingerprint density at radius 3 is 2.38 bits per heavy atom. The molecule has 0 aromatic heterocycles. The van der Waals surface area contributed by atoms with E-state index in [1.165, 1.54) is 0 Å². The van der Waals surface area contributed by atoms with E-state index in [0.717, 1.165) is 23.4 Å². The number of benzene rings is 2. The zero-order valence-corrected chi connectivity index (χ0v) is 16.2. The number of hydrogen-bond donors (Lipinski definition) is 1. The molecule has 0 saturated heterocycles. The van der Waals surface area contributed by atoms with Crippen molar-refractivity contribution in [2.24, 2.45) is 0 Å². The minimum atomic E-state index is 0. The molecule has 2 aromatic rings. The van der Waals surface area contributed by atoms with Gasteiger partial charge in [-0.2, -0.15) is 0 Å². The van der Waals surface area contributed by atoms with Gasteiger partial charge in [-0.05, 0) is 30.3 Å². The van der Waals surface area contributed by atoms with Crippen molar-refractivity contribution < 1.29 is 9.47 Å². The number of nitrogens with one attached hydrogen (secondary N) is 1. The van der Waals surface area contributed by atoms with Gasteiger partial charge >= 0.3 is 0 Å². The molecule has 3 nitrogen and oxygen atoms in total. The quantitative estimate of drug-likeness (QED) is 0.592. The first kappa shape index (κ1) is 21.4. The summed E-state index contributed by atoms with van der Waals surface area (Å²) in [5.74, 6) is 0.769. The second-order valence-electron chi connectivity index (χ2n) is 4.95. The van der Waals surface area contributed by atoms with Crippen LogP contribution in [0.25, 0.3) is 0 Å². The molecule has 24 heavy (non-hydrogen) atoms. The minimum absolute atomic E-state index is 0. The lowest BCUT2D eigenvalue weighted by Gasteiger charge is -2.13. The van der Waals surface area contributed by atoms with Crippen LogP contribution in [-0.4, -0.2) is 20.3 Å². The van der Waals surface area contributed by atoms with Crippen molar-refractivity contribution in [1.29, 1.82) is 0 Å². The topological polar surface area (TPSA) is 30.5 Å². The van der Waals surface area contributed by atoms with Gasteiger partial charge in [0.25, 0.3) is 0 Å². The maximum absolute atomic E-state index is 6.17. The van der Waals surface area contributed by atoms with Crippen LogP contribution in [0.4, 0.5) is 0 Å². The molecule has 1 N–H and O–H groups in total. The summed E-state index contributed by atoms with van der Waals surface area (Å²) in [5.41, 5.74) is 1.86. The molecule has 0 heterocycles. The number of hydrogen-bond acceptors (Lipinski definition) is 3. The monoisotopic (exact) mass is 409 g/mol. The van der Waals surface area contributed by atoms with Gasteiger partial charge in [0.15, 0.2) is 0 Å². The SMILES string of the molecule is COCCNCc1cc(Cl)ccc1OCc1ccc(Cl)cc1Cl.Cl. The van der Waals surface area contributed by atoms with E-state index in [0.29, 0.717) is 34.8 Å². The molecule has 0 atom stereocenters. The van der Waals surface area contributed by atoms with Gasteiger partial charge in [-0.25, -0.2) is 0 Å². The summed E-state index contributed by atoms with van der Waals surface area (Å²) in [4.78, 5) is 0. The molecular weight excluding hydrogens is 392 g/mol. The molecule has 0 bridgehead atoms. The van der Waals surface area contributed by atoms with Crippen molar-refractivity contribution >= 4 is 47.2 Å². The van der Waals surface area contributed by atoms with E-state index in [1.54, 1.807) is 25.3 Å². The molecule has 7 heteroatoms. The number of halogens is 4. The first-order chi connectivity index (χ1) is 11.1. The molecule has 0 unspecified atom stereocenters. The maximum Gasteiger partial charge on any atom is 0.124 e. The Kier molecular flexibility index (Phi) is 9.82. The van der Waals surface area contributed by atoms with Gasteiger partial charge in [0.1, 0.15) is 12.4 Å². The summed E-state index contributed by atoms with van der Waals surface area (Å²) < 4.78 is 10.9. The first-order valence-corrected chi connectivity index (χ1v) is 8.28. The molecule has 0 aliphatic rings. The molecule has 0 fully saturated rings. The summed E-state index contributed by atoms with van der Waals surface area (Å²) in [6.07, 6.45) is 0. The van der Waals surface area contributed by atoms with E-state index in [4.69, 9.17) is 44.3 Å². The zero-order chi connectivity index (χ0) is 16.7. The van der Waals surface area contributed by atoms with Crippen molar-refractivity contribution in [3.05, 3.63) is 62.6 Å². The Labute approximate surface area is 163 Å². The fourth-order valence-electron chi connectivity index (χ4n) is 2.02. The van der Waals surface area contributed by atoms with E-state index in [1.807, 2.05) is 18.2 Å². The van der Waals surface area contributed by atoms with Crippen LogP contribution in [-0.2, 0) is 17.9 Å². The fourth-order valence-corrected chi connectivity index (χ4v) is 2.68. The van der Waals surface area contributed by atoms with Crippen LogP contribution in [0.1, 0.15) is 11.1 Å². The molecule has 0 radical (unpaired) electrons. The average molecular weight is 411 g/mol.